The molecule has 48 valence electrons. The highest BCUT2D eigenvalue weighted by Crippen LogP contribution is 2.23. The van der Waals surface area contributed by atoms with Gasteiger partial charge in [-0.25, -0.2) is 0 Å². The Morgan fingerprint density at radius 3 is 2.80 bits per heavy atom. The number of hydrogen-bond donors (Lipinski definition) is 0. The average molecular weight is 128 g/mol. The van der Waals surface area contributed by atoms with Gasteiger partial charge in [-0.2, -0.15) is 0 Å². The van der Waals surface area contributed by atoms with Gasteiger partial charge in [-0.1, -0.05) is 35.9 Å². The SMILES string of the molecule is [CH]C1=Cc2ccccc2C1. The molecule has 0 aliphatic heterocycles. The molecule has 0 spiro atoms. The lowest BCUT2D eigenvalue weighted by Gasteiger charge is -1.93. The zero-order chi connectivity index (χ0) is 6.97. The van der Waals surface area contributed by atoms with E-state index in [1.54, 1.807) is 0 Å². The normalized spacial score (nSPS) is 14.7. The molecule has 1 aliphatic carbocycles. The second-order valence-electron chi connectivity index (χ2n) is 2.59. The molecule has 0 heterocycles. The summed E-state index contributed by atoms with van der Waals surface area (Å²) in [6, 6.07) is 8.29. The Labute approximate surface area is 61.2 Å². The lowest BCUT2D eigenvalue weighted by atomic mass is 10.1. The summed E-state index contributed by atoms with van der Waals surface area (Å²) in [5.74, 6) is 0. The van der Waals surface area contributed by atoms with Gasteiger partial charge in [0.25, 0.3) is 0 Å². The highest BCUT2D eigenvalue weighted by molar-refractivity contribution is 5.64. The van der Waals surface area contributed by atoms with Gasteiger partial charge in [0, 0.05) is 0 Å². The topological polar surface area (TPSA) is 0 Å². The van der Waals surface area contributed by atoms with Gasteiger partial charge in [-0.05, 0) is 24.5 Å². The maximum atomic E-state index is 5.65. The Morgan fingerprint density at radius 1 is 1.20 bits per heavy atom. The first-order chi connectivity index (χ1) is 4.86. The third kappa shape index (κ3) is 0.766. The van der Waals surface area contributed by atoms with Crippen LogP contribution in [0.2, 0.25) is 0 Å². The van der Waals surface area contributed by atoms with E-state index in [1.165, 1.54) is 11.1 Å². The van der Waals surface area contributed by atoms with Crippen molar-refractivity contribution in [2.75, 3.05) is 0 Å². The number of rotatable bonds is 0. The van der Waals surface area contributed by atoms with Gasteiger partial charge in [-0.15, -0.1) is 0 Å². The summed E-state index contributed by atoms with van der Waals surface area (Å²) in [7, 11) is 0. The summed E-state index contributed by atoms with van der Waals surface area (Å²) in [4.78, 5) is 0. The van der Waals surface area contributed by atoms with Crippen LogP contribution < -0.4 is 0 Å². The fourth-order valence-corrected chi connectivity index (χ4v) is 1.31. The van der Waals surface area contributed by atoms with Gasteiger partial charge >= 0.3 is 0 Å². The molecular weight excluding hydrogens is 120 g/mol. The van der Waals surface area contributed by atoms with Crippen molar-refractivity contribution in [3.05, 3.63) is 47.9 Å². The minimum atomic E-state index is 0.927. The summed E-state index contributed by atoms with van der Waals surface area (Å²) in [6.45, 7) is 5.65. The van der Waals surface area contributed by atoms with Crippen LogP contribution in [0.5, 0.6) is 0 Å². The molecule has 0 bridgehead atoms. The van der Waals surface area contributed by atoms with Crippen molar-refractivity contribution in [2.24, 2.45) is 0 Å². The van der Waals surface area contributed by atoms with E-state index in [2.05, 4.69) is 12.1 Å². The highest BCUT2D eigenvalue weighted by atomic mass is 14.1. The van der Waals surface area contributed by atoms with E-state index in [0.29, 0.717) is 0 Å². The first kappa shape index (κ1) is 5.72. The van der Waals surface area contributed by atoms with E-state index in [-0.39, 0.29) is 0 Å². The maximum Gasteiger partial charge on any atom is -0.00529 e. The zero-order valence-corrected chi connectivity index (χ0v) is 5.67. The van der Waals surface area contributed by atoms with Crippen LogP contribution >= 0.6 is 0 Å². The van der Waals surface area contributed by atoms with Gasteiger partial charge in [0.15, 0.2) is 0 Å². The second kappa shape index (κ2) is 1.98. The standard InChI is InChI=1S/C10H8/c1-8-6-9-4-2-3-5-10(9)7-8/h1-6H,7H2. The number of fused-ring (bicyclic) bond motifs is 1. The summed E-state index contributed by atoms with van der Waals surface area (Å²) >= 11 is 0. The molecule has 2 rings (SSSR count). The molecule has 0 nitrogen and oxygen atoms in total. The molecule has 0 unspecified atom stereocenters. The zero-order valence-electron chi connectivity index (χ0n) is 5.67. The molecular formula is C10H8. The van der Waals surface area contributed by atoms with E-state index in [1.807, 2.05) is 18.2 Å². The van der Waals surface area contributed by atoms with Crippen molar-refractivity contribution in [1.82, 2.24) is 0 Å². The molecule has 0 amide bonds. The summed E-state index contributed by atoms with van der Waals surface area (Å²) in [5.41, 5.74) is 3.60. The summed E-state index contributed by atoms with van der Waals surface area (Å²) in [5, 5.41) is 0. The summed E-state index contributed by atoms with van der Waals surface area (Å²) in [6.07, 6.45) is 2.96. The third-order valence-electron chi connectivity index (χ3n) is 1.79. The van der Waals surface area contributed by atoms with Crippen LogP contribution in [-0.2, 0) is 6.42 Å². The van der Waals surface area contributed by atoms with Crippen molar-refractivity contribution < 1.29 is 0 Å². The number of benzene rings is 1. The van der Waals surface area contributed by atoms with Gasteiger partial charge in [0.05, 0.1) is 0 Å². The molecule has 1 aromatic carbocycles. The monoisotopic (exact) mass is 128 g/mol. The van der Waals surface area contributed by atoms with Crippen LogP contribution in [-0.4, -0.2) is 0 Å². The quantitative estimate of drug-likeness (QED) is 0.503. The molecule has 0 fully saturated rings. The van der Waals surface area contributed by atoms with E-state index >= 15 is 0 Å². The Kier molecular flexibility index (Phi) is 1.13. The van der Waals surface area contributed by atoms with Crippen molar-refractivity contribution in [3.63, 3.8) is 0 Å². The van der Waals surface area contributed by atoms with Crippen LogP contribution in [0.4, 0.5) is 0 Å². The molecule has 0 saturated carbocycles. The van der Waals surface area contributed by atoms with Crippen LogP contribution in [0, 0.1) is 6.92 Å². The minimum Gasteiger partial charge on any atom is -0.0619 e. The fraction of sp³-hybridized carbons (Fsp3) is 0.100. The van der Waals surface area contributed by atoms with Gasteiger partial charge in [-0.3, -0.25) is 0 Å². The molecule has 1 aliphatic rings. The third-order valence-corrected chi connectivity index (χ3v) is 1.79. The van der Waals surface area contributed by atoms with E-state index in [4.69, 9.17) is 6.92 Å². The lowest BCUT2D eigenvalue weighted by Crippen LogP contribution is -1.79. The minimum absolute atomic E-state index is 0.927. The molecule has 10 heavy (non-hydrogen) atoms. The fourth-order valence-electron chi connectivity index (χ4n) is 1.31. The molecule has 1 aromatic rings. The van der Waals surface area contributed by atoms with E-state index in [9.17, 15) is 0 Å². The van der Waals surface area contributed by atoms with Crippen LogP contribution in [0.25, 0.3) is 6.08 Å². The first-order valence-corrected chi connectivity index (χ1v) is 3.40. The van der Waals surface area contributed by atoms with Crippen LogP contribution in [0.1, 0.15) is 11.1 Å². The second-order valence-corrected chi connectivity index (χ2v) is 2.59. The van der Waals surface area contributed by atoms with E-state index in [0.717, 1.165) is 12.0 Å². The Hall–Kier alpha value is -1.04. The predicted octanol–water partition coefficient (Wildman–Crippen LogP) is 2.34. The molecule has 2 radical (unpaired) electrons. The largest absolute Gasteiger partial charge is 0.0619 e. The summed E-state index contributed by atoms with van der Waals surface area (Å²) < 4.78 is 0. The van der Waals surface area contributed by atoms with Crippen molar-refractivity contribution in [2.45, 2.75) is 6.42 Å². The average Bonchev–Trinajstić information content (AvgIpc) is 2.27. The Bertz CT molecular complexity index is 282. The van der Waals surface area contributed by atoms with Crippen LogP contribution in [0.15, 0.2) is 29.8 Å². The van der Waals surface area contributed by atoms with E-state index < -0.39 is 0 Å². The molecule has 0 N–H and O–H groups in total. The Balaban J connectivity index is 2.54. The van der Waals surface area contributed by atoms with Crippen molar-refractivity contribution in [3.8, 4) is 0 Å². The maximum absolute atomic E-state index is 5.65. The number of allylic oxidation sites excluding steroid dienone is 1. The predicted molar refractivity (Wildman–Crippen MR) is 42.4 cm³/mol. The molecule has 0 aromatic heterocycles. The number of hydrogen-bond acceptors (Lipinski definition) is 0. The smallest absolute Gasteiger partial charge is 0.00529 e. The highest BCUT2D eigenvalue weighted by Gasteiger charge is 2.06. The molecule has 0 atom stereocenters. The van der Waals surface area contributed by atoms with Crippen molar-refractivity contribution in [1.29, 1.82) is 0 Å². The van der Waals surface area contributed by atoms with Crippen LogP contribution in [0.3, 0.4) is 0 Å². The molecule has 0 saturated heterocycles. The Morgan fingerprint density at radius 2 is 2.00 bits per heavy atom. The first-order valence-electron chi connectivity index (χ1n) is 3.40. The lowest BCUT2D eigenvalue weighted by molar-refractivity contribution is 1.25. The van der Waals surface area contributed by atoms with Gasteiger partial charge in [0.1, 0.15) is 0 Å². The molecule has 0 heteroatoms. The van der Waals surface area contributed by atoms with Gasteiger partial charge in [0.2, 0.25) is 0 Å². The van der Waals surface area contributed by atoms with Gasteiger partial charge < -0.3 is 0 Å². The van der Waals surface area contributed by atoms with Crippen molar-refractivity contribution >= 4 is 6.08 Å².